The van der Waals surface area contributed by atoms with Crippen LogP contribution in [0.25, 0.3) is 11.3 Å². The molecular formula is C32H39N3O4S. The highest BCUT2D eigenvalue weighted by molar-refractivity contribution is 7.92. The summed E-state index contributed by atoms with van der Waals surface area (Å²) in [6.07, 6.45) is 4.99. The van der Waals surface area contributed by atoms with Crippen LogP contribution in [-0.2, 0) is 15.4 Å². The molecule has 2 fully saturated rings. The molecule has 2 heterocycles. The Morgan fingerprint density at radius 3 is 2.42 bits per heavy atom. The number of aryl methyl sites for hydroxylation is 2. The van der Waals surface area contributed by atoms with E-state index in [0.29, 0.717) is 30.0 Å². The molecule has 2 saturated carbocycles. The number of anilines is 1. The van der Waals surface area contributed by atoms with Crippen LogP contribution < -0.4 is 9.46 Å². The number of aromatic nitrogens is 2. The monoisotopic (exact) mass is 561 g/mol. The molecule has 2 aromatic carbocycles. The molecule has 0 saturated heterocycles. The third kappa shape index (κ3) is 4.69. The molecule has 3 aromatic rings. The van der Waals surface area contributed by atoms with Crippen molar-refractivity contribution in [2.45, 2.75) is 70.1 Å². The summed E-state index contributed by atoms with van der Waals surface area (Å²) in [6, 6.07) is 15.3. The van der Waals surface area contributed by atoms with Gasteiger partial charge < -0.3 is 9.84 Å². The summed E-state index contributed by atoms with van der Waals surface area (Å²) in [6.45, 7) is 9.24. The predicted octanol–water partition coefficient (Wildman–Crippen LogP) is 6.04. The van der Waals surface area contributed by atoms with Crippen LogP contribution in [0.4, 0.5) is 5.95 Å². The van der Waals surface area contributed by atoms with E-state index in [1.54, 1.807) is 6.07 Å². The van der Waals surface area contributed by atoms with Crippen molar-refractivity contribution in [3.63, 3.8) is 0 Å². The van der Waals surface area contributed by atoms with Crippen molar-refractivity contribution in [3.05, 3.63) is 65.2 Å². The Hall–Kier alpha value is -2.97. The number of benzene rings is 2. The zero-order valence-electron chi connectivity index (χ0n) is 23.8. The molecule has 40 heavy (non-hydrogen) atoms. The van der Waals surface area contributed by atoms with Crippen LogP contribution in [0.3, 0.4) is 0 Å². The number of hydrogen-bond donors (Lipinski definition) is 2. The molecule has 0 radical (unpaired) electrons. The summed E-state index contributed by atoms with van der Waals surface area (Å²) in [5, 5.41) is 9.69. The van der Waals surface area contributed by atoms with Gasteiger partial charge in [0.25, 0.3) is 10.0 Å². The Morgan fingerprint density at radius 2 is 1.75 bits per heavy atom. The smallest absolute Gasteiger partial charge is 0.264 e. The Bertz CT molecular complexity index is 1520. The highest BCUT2D eigenvalue weighted by atomic mass is 32.2. The maximum atomic E-state index is 13.7. The fraction of sp³-hybridized carbons (Fsp3) is 0.500. The minimum atomic E-state index is -3.94. The van der Waals surface area contributed by atoms with Crippen LogP contribution in [-0.4, -0.2) is 36.7 Å². The number of aliphatic hydroxyl groups is 1. The molecule has 1 aromatic heterocycles. The summed E-state index contributed by atoms with van der Waals surface area (Å²) < 4.78 is 36.4. The minimum Gasteiger partial charge on any atom is -0.477 e. The second-order valence-electron chi connectivity index (χ2n) is 12.9. The molecule has 8 heteroatoms. The molecular weight excluding hydrogens is 522 g/mol. The SMILES string of the molecule is Cc1cccc(C)c1-c1cc2nc(n1)NS(=O)(=O)c1cccc(c1)C1(CC3(CC(CO)C3)C1)[C@H](CC(C)C)CO2. The fourth-order valence-electron chi connectivity index (χ4n) is 7.85. The summed E-state index contributed by atoms with van der Waals surface area (Å²) in [7, 11) is -3.94. The normalized spacial score (nSPS) is 28.6. The Kier molecular flexibility index (Phi) is 6.69. The third-order valence-corrected chi connectivity index (χ3v) is 10.8. The van der Waals surface area contributed by atoms with E-state index >= 15 is 0 Å². The second kappa shape index (κ2) is 9.84. The van der Waals surface area contributed by atoms with Crippen molar-refractivity contribution in [1.29, 1.82) is 0 Å². The molecule has 1 aliphatic heterocycles. The average molecular weight is 562 g/mol. The fourth-order valence-corrected chi connectivity index (χ4v) is 8.84. The molecule has 2 N–H and O–H groups in total. The number of fused-ring (bicyclic) bond motifs is 5. The van der Waals surface area contributed by atoms with E-state index in [-0.39, 0.29) is 34.2 Å². The van der Waals surface area contributed by atoms with Gasteiger partial charge in [0.05, 0.1) is 17.2 Å². The van der Waals surface area contributed by atoms with Gasteiger partial charge in [-0.25, -0.2) is 18.1 Å². The van der Waals surface area contributed by atoms with Gasteiger partial charge in [-0.3, -0.25) is 0 Å². The van der Waals surface area contributed by atoms with Crippen LogP contribution in [0.5, 0.6) is 5.88 Å². The van der Waals surface area contributed by atoms with E-state index in [1.807, 2.05) is 50.2 Å². The van der Waals surface area contributed by atoms with Crippen LogP contribution in [0.1, 0.15) is 62.6 Å². The maximum Gasteiger partial charge on any atom is 0.264 e. The van der Waals surface area contributed by atoms with Gasteiger partial charge in [-0.1, -0.05) is 44.2 Å². The molecule has 6 rings (SSSR count). The minimum absolute atomic E-state index is 0.00311. The van der Waals surface area contributed by atoms with Crippen molar-refractivity contribution in [2.75, 3.05) is 17.9 Å². The van der Waals surface area contributed by atoms with E-state index in [2.05, 4.69) is 34.6 Å². The second-order valence-corrected chi connectivity index (χ2v) is 14.6. The molecule has 212 valence electrons. The highest BCUT2D eigenvalue weighted by Crippen LogP contribution is 2.69. The number of aliphatic hydroxyl groups excluding tert-OH is 1. The average Bonchev–Trinajstić information content (AvgIpc) is 2.85. The van der Waals surface area contributed by atoms with Crippen LogP contribution >= 0.6 is 0 Å². The van der Waals surface area contributed by atoms with Crippen molar-refractivity contribution in [3.8, 4) is 17.1 Å². The maximum absolute atomic E-state index is 13.7. The lowest BCUT2D eigenvalue weighted by atomic mass is 9.38. The molecule has 7 nitrogen and oxygen atoms in total. The first-order chi connectivity index (χ1) is 19.0. The number of rotatable bonds is 4. The Balaban J connectivity index is 1.47. The van der Waals surface area contributed by atoms with Gasteiger partial charge in [-0.15, -0.1) is 0 Å². The van der Waals surface area contributed by atoms with Crippen molar-refractivity contribution in [1.82, 2.24) is 9.97 Å². The predicted molar refractivity (Wildman–Crippen MR) is 156 cm³/mol. The molecule has 1 atom stereocenters. The zero-order chi connectivity index (χ0) is 28.3. The molecule has 3 aliphatic rings. The van der Waals surface area contributed by atoms with E-state index in [9.17, 15) is 13.5 Å². The van der Waals surface area contributed by atoms with E-state index in [4.69, 9.17) is 4.74 Å². The lowest BCUT2D eigenvalue weighted by Gasteiger charge is -2.66. The zero-order valence-corrected chi connectivity index (χ0v) is 24.6. The molecule has 2 aliphatic carbocycles. The Labute approximate surface area is 237 Å². The van der Waals surface area contributed by atoms with Gasteiger partial charge >= 0.3 is 0 Å². The highest BCUT2D eigenvalue weighted by Gasteiger charge is 2.62. The van der Waals surface area contributed by atoms with Crippen molar-refractivity contribution >= 4 is 16.0 Å². The lowest BCUT2D eigenvalue weighted by Crippen LogP contribution is -2.60. The van der Waals surface area contributed by atoms with Gasteiger partial charge in [0.2, 0.25) is 11.8 Å². The summed E-state index contributed by atoms with van der Waals surface area (Å²) in [4.78, 5) is 9.37. The Morgan fingerprint density at radius 1 is 1.05 bits per heavy atom. The summed E-state index contributed by atoms with van der Waals surface area (Å²) in [5.74, 6) is 1.38. The molecule has 2 spiro atoms. The standard InChI is InChI=1S/C32H39N3O4S/c1-20(2)11-25-17-39-28-13-27(29-21(3)7-5-8-22(29)4)33-30(34-28)35-40(37,38)26-10-6-9-24(12-26)32(25)18-31(19-32)14-23(15-31)16-36/h5-10,12-13,20,23,25,36H,11,14-19H2,1-4H3,(H,33,34,35)/t23?,25-,31?,32?/m1/s1. The lowest BCUT2D eigenvalue weighted by molar-refractivity contribution is -0.127. The number of hydrogen-bond acceptors (Lipinski definition) is 6. The topological polar surface area (TPSA) is 101 Å². The first kappa shape index (κ1) is 27.2. The first-order valence-corrected chi connectivity index (χ1v) is 15.8. The van der Waals surface area contributed by atoms with Crippen LogP contribution in [0.15, 0.2) is 53.4 Å². The molecule has 4 bridgehead atoms. The van der Waals surface area contributed by atoms with Crippen molar-refractivity contribution in [2.24, 2.45) is 23.2 Å². The first-order valence-electron chi connectivity index (χ1n) is 14.4. The molecule has 0 amide bonds. The van der Waals surface area contributed by atoms with Gasteiger partial charge in [0.15, 0.2) is 0 Å². The summed E-state index contributed by atoms with van der Waals surface area (Å²) in [5.41, 5.74) is 4.76. The molecule has 0 unspecified atom stereocenters. The van der Waals surface area contributed by atoms with Gasteiger partial charge in [0.1, 0.15) is 0 Å². The largest absolute Gasteiger partial charge is 0.477 e. The van der Waals surface area contributed by atoms with E-state index in [1.165, 1.54) is 0 Å². The van der Waals surface area contributed by atoms with E-state index in [0.717, 1.165) is 54.4 Å². The van der Waals surface area contributed by atoms with E-state index < -0.39 is 10.0 Å². The van der Waals surface area contributed by atoms with Gasteiger partial charge in [-0.05, 0) is 92.0 Å². The number of nitrogens with one attached hydrogen (secondary N) is 1. The van der Waals surface area contributed by atoms with Crippen LogP contribution in [0, 0.1) is 37.0 Å². The van der Waals surface area contributed by atoms with Crippen molar-refractivity contribution < 1.29 is 18.3 Å². The quantitative estimate of drug-likeness (QED) is 0.403. The van der Waals surface area contributed by atoms with Crippen LogP contribution in [0.2, 0.25) is 0 Å². The third-order valence-electron chi connectivity index (χ3n) is 9.44. The van der Waals surface area contributed by atoms with Gasteiger partial charge in [0, 0.05) is 29.6 Å². The summed E-state index contributed by atoms with van der Waals surface area (Å²) >= 11 is 0. The van der Waals surface area contributed by atoms with Gasteiger partial charge in [-0.2, -0.15) is 4.98 Å². The number of sulfonamides is 1. The number of ether oxygens (including phenoxy) is 1. The number of nitrogens with zero attached hydrogens (tertiary/aromatic N) is 2.